The van der Waals surface area contributed by atoms with Gasteiger partial charge in [0.05, 0.1) is 19.1 Å². The first kappa shape index (κ1) is 18.9. The molecule has 0 fully saturated rings. The van der Waals surface area contributed by atoms with E-state index in [-0.39, 0.29) is 11.4 Å². The summed E-state index contributed by atoms with van der Waals surface area (Å²) in [6.07, 6.45) is 0. The molecule has 3 rings (SSSR count). The third-order valence-corrected chi connectivity index (χ3v) is 5.60. The summed E-state index contributed by atoms with van der Waals surface area (Å²) in [6.45, 7) is 0.156. The van der Waals surface area contributed by atoms with E-state index in [4.69, 9.17) is 9.47 Å². The van der Waals surface area contributed by atoms with Crippen molar-refractivity contribution in [1.82, 2.24) is 4.72 Å². The molecule has 0 unspecified atom stereocenters. The molecule has 0 heterocycles. The summed E-state index contributed by atoms with van der Waals surface area (Å²) >= 11 is 0. The fraction of sp³-hybridized carbons (Fsp3) is 0.143. The quantitative estimate of drug-likeness (QED) is 0.673. The molecule has 0 atom stereocenters. The van der Waals surface area contributed by atoms with Crippen LogP contribution in [0.1, 0.15) is 5.56 Å². The molecule has 0 spiro atoms. The molecule has 0 aliphatic carbocycles. The molecule has 3 aromatic carbocycles. The van der Waals surface area contributed by atoms with Crippen molar-refractivity contribution in [2.45, 2.75) is 11.4 Å². The largest absolute Gasteiger partial charge is 0.493 e. The maximum Gasteiger partial charge on any atom is 0.240 e. The molecule has 1 N–H and O–H groups in total. The van der Waals surface area contributed by atoms with Crippen molar-refractivity contribution >= 4 is 10.0 Å². The highest BCUT2D eigenvalue weighted by atomic mass is 32.2. The predicted molar refractivity (Wildman–Crippen MR) is 105 cm³/mol. The lowest BCUT2D eigenvalue weighted by molar-refractivity contribution is 0.354. The van der Waals surface area contributed by atoms with Crippen LogP contribution in [0.2, 0.25) is 0 Å². The average Bonchev–Trinajstić information content (AvgIpc) is 2.73. The van der Waals surface area contributed by atoms with Crippen LogP contribution in [0, 0.1) is 0 Å². The van der Waals surface area contributed by atoms with Crippen LogP contribution >= 0.6 is 0 Å². The van der Waals surface area contributed by atoms with Crippen molar-refractivity contribution in [2.24, 2.45) is 0 Å². The fourth-order valence-electron chi connectivity index (χ4n) is 2.71. The molecule has 0 aromatic heterocycles. The van der Waals surface area contributed by atoms with Gasteiger partial charge in [0, 0.05) is 6.54 Å². The molecule has 0 aliphatic heterocycles. The lowest BCUT2D eigenvalue weighted by Crippen LogP contribution is -2.23. The first-order valence-electron chi connectivity index (χ1n) is 8.39. The summed E-state index contributed by atoms with van der Waals surface area (Å²) in [5, 5.41) is 0. The number of hydrogen-bond donors (Lipinski definition) is 1. The second kappa shape index (κ2) is 8.24. The Morgan fingerprint density at radius 3 is 2.04 bits per heavy atom. The van der Waals surface area contributed by atoms with Gasteiger partial charge in [-0.3, -0.25) is 0 Å². The van der Waals surface area contributed by atoms with Gasteiger partial charge in [-0.05, 0) is 41.0 Å². The van der Waals surface area contributed by atoms with Gasteiger partial charge in [-0.2, -0.15) is 0 Å². The second-order valence-electron chi connectivity index (χ2n) is 5.90. The van der Waals surface area contributed by atoms with E-state index in [0.29, 0.717) is 11.5 Å². The minimum absolute atomic E-state index is 0.156. The van der Waals surface area contributed by atoms with Gasteiger partial charge in [0.1, 0.15) is 0 Å². The summed E-state index contributed by atoms with van der Waals surface area (Å²) in [5.41, 5.74) is 2.78. The number of ether oxygens (including phenoxy) is 2. The third-order valence-electron chi connectivity index (χ3n) is 4.19. The van der Waals surface area contributed by atoms with E-state index in [2.05, 4.69) is 4.72 Å². The Morgan fingerprint density at radius 1 is 0.778 bits per heavy atom. The smallest absolute Gasteiger partial charge is 0.240 e. The third kappa shape index (κ3) is 4.48. The maximum atomic E-state index is 12.6. The molecule has 0 saturated carbocycles. The van der Waals surface area contributed by atoms with Crippen molar-refractivity contribution in [1.29, 1.82) is 0 Å². The van der Waals surface area contributed by atoms with E-state index in [1.807, 2.05) is 30.3 Å². The highest BCUT2D eigenvalue weighted by Gasteiger charge is 2.14. The zero-order valence-corrected chi connectivity index (χ0v) is 16.0. The van der Waals surface area contributed by atoms with Gasteiger partial charge in [-0.15, -0.1) is 0 Å². The summed E-state index contributed by atoms with van der Waals surface area (Å²) in [6, 6.07) is 21.9. The lowest BCUT2D eigenvalue weighted by atomic mass is 10.1. The maximum absolute atomic E-state index is 12.6. The van der Waals surface area contributed by atoms with E-state index in [0.717, 1.165) is 16.7 Å². The highest BCUT2D eigenvalue weighted by molar-refractivity contribution is 7.89. The molecule has 0 saturated heterocycles. The first-order chi connectivity index (χ1) is 13.0. The van der Waals surface area contributed by atoms with Crippen molar-refractivity contribution in [2.75, 3.05) is 14.2 Å². The van der Waals surface area contributed by atoms with Gasteiger partial charge < -0.3 is 9.47 Å². The minimum Gasteiger partial charge on any atom is -0.493 e. The fourth-order valence-corrected chi connectivity index (χ4v) is 3.73. The van der Waals surface area contributed by atoms with Crippen molar-refractivity contribution in [3.8, 4) is 22.6 Å². The van der Waals surface area contributed by atoms with E-state index in [1.165, 1.54) is 0 Å². The Bertz CT molecular complexity index is 1000. The van der Waals surface area contributed by atoms with Crippen LogP contribution in [0.5, 0.6) is 11.5 Å². The van der Waals surface area contributed by atoms with E-state index < -0.39 is 10.0 Å². The Morgan fingerprint density at radius 2 is 1.41 bits per heavy atom. The van der Waals surface area contributed by atoms with Crippen LogP contribution in [-0.2, 0) is 16.6 Å². The standard InChI is InChI=1S/C21H21NO4S/c1-25-20-13-8-16(14-21(20)26-2)15-22-27(23,24)19-11-9-18(10-12-19)17-6-4-3-5-7-17/h3-14,22H,15H2,1-2H3. The molecule has 5 nitrogen and oxygen atoms in total. The van der Waals surface area contributed by atoms with Gasteiger partial charge in [0.25, 0.3) is 0 Å². The van der Waals surface area contributed by atoms with Crippen molar-refractivity contribution < 1.29 is 17.9 Å². The molecular weight excluding hydrogens is 362 g/mol. The zero-order valence-electron chi connectivity index (χ0n) is 15.2. The van der Waals surface area contributed by atoms with E-state index in [1.54, 1.807) is 56.7 Å². The van der Waals surface area contributed by atoms with Crippen LogP contribution in [0.4, 0.5) is 0 Å². The normalized spacial score (nSPS) is 11.2. The van der Waals surface area contributed by atoms with Gasteiger partial charge in [0.2, 0.25) is 10.0 Å². The highest BCUT2D eigenvalue weighted by Crippen LogP contribution is 2.27. The van der Waals surface area contributed by atoms with E-state index >= 15 is 0 Å². The molecule has 3 aromatic rings. The average molecular weight is 383 g/mol. The number of benzene rings is 3. The van der Waals surface area contributed by atoms with Crippen molar-refractivity contribution in [3.05, 3.63) is 78.4 Å². The summed E-state index contributed by atoms with van der Waals surface area (Å²) in [7, 11) is -0.518. The van der Waals surface area contributed by atoms with Crippen LogP contribution < -0.4 is 14.2 Å². The van der Waals surface area contributed by atoms with Gasteiger partial charge in [-0.1, -0.05) is 48.5 Å². The van der Waals surface area contributed by atoms with Gasteiger partial charge in [-0.25, -0.2) is 13.1 Å². The molecule has 0 radical (unpaired) electrons. The topological polar surface area (TPSA) is 64.6 Å². The molecule has 0 bridgehead atoms. The van der Waals surface area contributed by atoms with Crippen LogP contribution in [0.15, 0.2) is 77.7 Å². The van der Waals surface area contributed by atoms with Crippen molar-refractivity contribution in [3.63, 3.8) is 0 Å². The first-order valence-corrected chi connectivity index (χ1v) is 9.88. The number of methoxy groups -OCH3 is 2. The van der Waals surface area contributed by atoms with Crippen LogP contribution in [0.3, 0.4) is 0 Å². The molecule has 0 aliphatic rings. The number of rotatable bonds is 7. The Hall–Kier alpha value is -2.83. The Balaban J connectivity index is 1.73. The number of hydrogen-bond acceptors (Lipinski definition) is 4. The van der Waals surface area contributed by atoms with Crippen LogP contribution in [0.25, 0.3) is 11.1 Å². The SMILES string of the molecule is COc1ccc(CNS(=O)(=O)c2ccc(-c3ccccc3)cc2)cc1OC. The monoisotopic (exact) mass is 383 g/mol. The summed E-state index contributed by atoms with van der Waals surface area (Å²) in [4.78, 5) is 0.225. The Kier molecular flexibility index (Phi) is 5.78. The van der Waals surface area contributed by atoms with E-state index in [9.17, 15) is 8.42 Å². The second-order valence-corrected chi connectivity index (χ2v) is 7.67. The number of nitrogens with one attached hydrogen (secondary N) is 1. The Labute approximate surface area is 159 Å². The molecule has 6 heteroatoms. The van der Waals surface area contributed by atoms with Crippen LogP contribution in [-0.4, -0.2) is 22.6 Å². The molecule has 0 amide bonds. The van der Waals surface area contributed by atoms with Gasteiger partial charge in [0.15, 0.2) is 11.5 Å². The van der Waals surface area contributed by atoms with Gasteiger partial charge >= 0.3 is 0 Å². The molecular formula is C21H21NO4S. The number of sulfonamides is 1. The predicted octanol–water partition coefficient (Wildman–Crippen LogP) is 3.85. The minimum atomic E-state index is -3.61. The lowest BCUT2D eigenvalue weighted by Gasteiger charge is -2.11. The molecule has 27 heavy (non-hydrogen) atoms. The summed E-state index contributed by atoms with van der Waals surface area (Å²) < 4.78 is 38.2. The summed E-state index contributed by atoms with van der Waals surface area (Å²) in [5.74, 6) is 1.15. The molecule has 140 valence electrons. The zero-order chi connectivity index (χ0) is 19.3.